The van der Waals surface area contributed by atoms with Crippen LogP contribution in [0.2, 0.25) is 0 Å². The molecule has 0 radical (unpaired) electrons. The molecule has 1 aliphatic carbocycles. The van der Waals surface area contributed by atoms with Crippen molar-refractivity contribution in [3.05, 3.63) is 17.7 Å². The molecule has 5 heteroatoms. The summed E-state index contributed by atoms with van der Waals surface area (Å²) in [4.78, 5) is 0. The number of piperidine rings is 1. The van der Waals surface area contributed by atoms with Gasteiger partial charge < -0.3 is 24.6 Å². The summed E-state index contributed by atoms with van der Waals surface area (Å²) < 4.78 is 16.4. The van der Waals surface area contributed by atoms with Crippen LogP contribution < -0.4 is 19.5 Å². The fourth-order valence-corrected chi connectivity index (χ4v) is 4.41. The van der Waals surface area contributed by atoms with Crippen molar-refractivity contribution in [2.45, 2.75) is 43.7 Å². The zero-order valence-corrected chi connectivity index (χ0v) is 14.3. The summed E-state index contributed by atoms with van der Waals surface area (Å²) in [5.41, 5.74) is 0.627. The molecular weight excluding hydrogens is 294 g/mol. The lowest BCUT2D eigenvalue weighted by Gasteiger charge is -2.46. The topological polar surface area (TPSA) is 64.5 Å². The molecule has 1 aromatic carbocycles. The maximum absolute atomic E-state index is 11.1. The van der Waals surface area contributed by atoms with Gasteiger partial charge in [0.05, 0.1) is 33.5 Å². The normalized spacial score (nSPS) is 30.4. The molecule has 1 heterocycles. The van der Waals surface area contributed by atoms with Crippen molar-refractivity contribution < 1.29 is 24.6 Å². The highest BCUT2D eigenvalue weighted by atomic mass is 16.5. The molecule has 128 valence electrons. The van der Waals surface area contributed by atoms with E-state index in [1.165, 1.54) is 6.42 Å². The molecule has 3 atom stereocenters. The minimum absolute atomic E-state index is 0.239. The number of fused-ring (bicyclic) bond motifs is 1. The Labute approximate surface area is 137 Å². The monoisotopic (exact) mass is 322 g/mol. The van der Waals surface area contributed by atoms with Crippen LogP contribution in [-0.4, -0.2) is 38.6 Å². The largest absolute Gasteiger partial charge is 0.493 e. The van der Waals surface area contributed by atoms with Gasteiger partial charge in [0.15, 0.2) is 11.5 Å². The van der Waals surface area contributed by atoms with Gasteiger partial charge in [0.2, 0.25) is 5.75 Å². The lowest BCUT2D eigenvalue weighted by atomic mass is 9.67. The van der Waals surface area contributed by atoms with E-state index in [0.717, 1.165) is 37.8 Å². The second-order valence-electron chi connectivity index (χ2n) is 6.71. The molecule has 0 unspecified atom stereocenters. The van der Waals surface area contributed by atoms with E-state index in [0.29, 0.717) is 17.2 Å². The molecule has 0 bridgehead atoms. The van der Waals surface area contributed by atoms with Crippen LogP contribution in [0.4, 0.5) is 0 Å². The van der Waals surface area contributed by atoms with Crippen molar-refractivity contribution in [2.24, 2.45) is 5.92 Å². The third kappa shape index (κ3) is 2.88. The number of aliphatic hydroxyl groups is 1. The molecule has 5 nitrogen and oxygen atoms in total. The second-order valence-corrected chi connectivity index (χ2v) is 6.71. The number of hydrogen-bond donors (Lipinski definition) is 2. The number of ether oxygens (including phenoxy) is 3. The molecular formula is C18H28NO4+. The number of benzene rings is 1. The van der Waals surface area contributed by atoms with E-state index in [1.807, 2.05) is 12.1 Å². The van der Waals surface area contributed by atoms with Gasteiger partial charge in [-0.25, -0.2) is 0 Å². The maximum Gasteiger partial charge on any atom is 0.203 e. The lowest BCUT2D eigenvalue weighted by molar-refractivity contribution is -0.719. The van der Waals surface area contributed by atoms with Crippen LogP contribution >= 0.6 is 0 Å². The number of nitrogens with two attached hydrogens (primary N) is 1. The Hall–Kier alpha value is -1.46. The predicted molar refractivity (Wildman–Crippen MR) is 87.2 cm³/mol. The standard InChI is InChI=1S/C18H27NO4/c1-21-14-10-12(11-15(22-2)17(14)23-3)16-13-6-4-5-7-18(13,20)8-9-19-16/h10-11,13,16,19-20H,4-9H2,1-3H3/p+1/t13-,16-,18+/m1/s1. The molecule has 3 rings (SSSR count). The van der Waals surface area contributed by atoms with Gasteiger partial charge in [0.1, 0.15) is 6.04 Å². The fraction of sp³-hybridized carbons (Fsp3) is 0.667. The average Bonchev–Trinajstić information content (AvgIpc) is 2.59. The molecule has 1 aliphatic heterocycles. The van der Waals surface area contributed by atoms with Crippen LogP contribution in [0.5, 0.6) is 17.2 Å². The number of hydrogen-bond acceptors (Lipinski definition) is 4. The van der Waals surface area contributed by atoms with Crippen LogP contribution in [0.3, 0.4) is 0 Å². The van der Waals surface area contributed by atoms with Crippen LogP contribution in [-0.2, 0) is 0 Å². The summed E-state index contributed by atoms with van der Waals surface area (Å²) in [6, 6.07) is 4.30. The molecule has 0 spiro atoms. The first kappa shape index (κ1) is 16.4. The number of methoxy groups -OCH3 is 3. The summed E-state index contributed by atoms with van der Waals surface area (Å²) in [5.74, 6) is 2.27. The molecule has 1 aromatic rings. The SMILES string of the molecule is COc1cc([C@H]2[NH2+]CC[C@@]3(O)CCCC[C@H]23)cc(OC)c1OC. The molecule has 2 aliphatic rings. The smallest absolute Gasteiger partial charge is 0.203 e. The predicted octanol–water partition coefficient (Wildman–Crippen LogP) is 1.64. The zero-order valence-electron chi connectivity index (χ0n) is 14.3. The summed E-state index contributed by atoms with van der Waals surface area (Å²) in [6.45, 7) is 0.953. The van der Waals surface area contributed by atoms with Crippen molar-refractivity contribution in [2.75, 3.05) is 27.9 Å². The van der Waals surface area contributed by atoms with Crippen LogP contribution in [0, 0.1) is 5.92 Å². The van der Waals surface area contributed by atoms with Crippen LogP contribution in [0.25, 0.3) is 0 Å². The highest BCUT2D eigenvalue weighted by Crippen LogP contribution is 2.46. The third-order valence-corrected chi connectivity index (χ3v) is 5.57. The van der Waals surface area contributed by atoms with Gasteiger partial charge in [0, 0.05) is 17.9 Å². The van der Waals surface area contributed by atoms with Crippen molar-refractivity contribution in [1.82, 2.24) is 0 Å². The zero-order chi connectivity index (χ0) is 16.4. The first-order valence-corrected chi connectivity index (χ1v) is 8.48. The number of rotatable bonds is 4. The van der Waals surface area contributed by atoms with E-state index >= 15 is 0 Å². The Balaban J connectivity index is 2.00. The highest BCUT2D eigenvalue weighted by molar-refractivity contribution is 5.54. The Morgan fingerprint density at radius 2 is 1.74 bits per heavy atom. The summed E-state index contributed by atoms with van der Waals surface area (Å²) in [5, 5.41) is 13.4. The quantitative estimate of drug-likeness (QED) is 0.884. The van der Waals surface area contributed by atoms with E-state index in [1.54, 1.807) is 21.3 Å². The molecule has 1 saturated heterocycles. The van der Waals surface area contributed by atoms with Gasteiger partial charge in [-0.3, -0.25) is 0 Å². The van der Waals surface area contributed by atoms with E-state index in [2.05, 4.69) is 5.32 Å². The van der Waals surface area contributed by atoms with Crippen LogP contribution in [0.15, 0.2) is 12.1 Å². The van der Waals surface area contributed by atoms with Gasteiger partial charge in [-0.1, -0.05) is 12.8 Å². The lowest BCUT2D eigenvalue weighted by Crippen LogP contribution is -2.91. The van der Waals surface area contributed by atoms with Crippen LogP contribution in [0.1, 0.15) is 43.7 Å². The van der Waals surface area contributed by atoms with E-state index in [-0.39, 0.29) is 12.0 Å². The summed E-state index contributed by atoms with van der Waals surface area (Å²) in [7, 11) is 4.90. The summed E-state index contributed by atoms with van der Waals surface area (Å²) in [6.07, 6.45) is 5.22. The van der Waals surface area contributed by atoms with Crippen molar-refractivity contribution >= 4 is 0 Å². The van der Waals surface area contributed by atoms with Crippen molar-refractivity contribution in [1.29, 1.82) is 0 Å². The minimum Gasteiger partial charge on any atom is -0.493 e. The van der Waals surface area contributed by atoms with Gasteiger partial charge in [-0.2, -0.15) is 0 Å². The third-order valence-electron chi connectivity index (χ3n) is 5.57. The first-order chi connectivity index (χ1) is 11.1. The van der Waals surface area contributed by atoms with E-state index < -0.39 is 5.60 Å². The van der Waals surface area contributed by atoms with Gasteiger partial charge in [-0.05, 0) is 25.0 Å². The molecule has 23 heavy (non-hydrogen) atoms. The highest BCUT2D eigenvalue weighted by Gasteiger charge is 2.48. The Kier molecular flexibility index (Phi) is 4.69. The number of quaternary nitrogens is 1. The molecule has 2 fully saturated rings. The fourth-order valence-electron chi connectivity index (χ4n) is 4.41. The first-order valence-electron chi connectivity index (χ1n) is 8.48. The van der Waals surface area contributed by atoms with Crippen molar-refractivity contribution in [3.8, 4) is 17.2 Å². The molecule has 1 saturated carbocycles. The Morgan fingerprint density at radius 3 is 2.35 bits per heavy atom. The minimum atomic E-state index is -0.516. The van der Waals surface area contributed by atoms with Gasteiger partial charge >= 0.3 is 0 Å². The maximum atomic E-state index is 11.1. The molecule has 0 aromatic heterocycles. The average molecular weight is 322 g/mol. The van der Waals surface area contributed by atoms with Gasteiger partial charge in [0.25, 0.3) is 0 Å². The van der Waals surface area contributed by atoms with Crippen molar-refractivity contribution in [3.63, 3.8) is 0 Å². The Morgan fingerprint density at radius 1 is 1.04 bits per heavy atom. The molecule has 0 amide bonds. The van der Waals surface area contributed by atoms with Gasteiger partial charge in [-0.15, -0.1) is 0 Å². The summed E-state index contributed by atoms with van der Waals surface area (Å²) >= 11 is 0. The Bertz CT molecular complexity index is 533. The molecule has 3 N–H and O–H groups in total. The van der Waals surface area contributed by atoms with E-state index in [4.69, 9.17) is 14.2 Å². The van der Waals surface area contributed by atoms with E-state index in [9.17, 15) is 5.11 Å². The second kappa shape index (κ2) is 6.57.